The van der Waals surface area contributed by atoms with Crippen molar-refractivity contribution in [3.63, 3.8) is 0 Å². The third kappa shape index (κ3) is 4.87. The van der Waals surface area contributed by atoms with Gasteiger partial charge in [0.15, 0.2) is 11.5 Å². The summed E-state index contributed by atoms with van der Waals surface area (Å²) < 4.78 is 16.0. The van der Waals surface area contributed by atoms with Crippen LogP contribution in [0.4, 0.5) is 0 Å². The van der Waals surface area contributed by atoms with Gasteiger partial charge in [-0.2, -0.15) is 0 Å². The van der Waals surface area contributed by atoms with E-state index in [0.717, 1.165) is 43.9 Å². The molecule has 7 heteroatoms. The smallest absolute Gasteiger partial charge is 0.273 e. The van der Waals surface area contributed by atoms with E-state index in [-0.39, 0.29) is 17.0 Å². The second-order valence-corrected chi connectivity index (χ2v) is 7.34. The first-order valence-electron chi connectivity index (χ1n) is 9.13. The Morgan fingerprint density at radius 2 is 1.96 bits per heavy atom. The first kappa shape index (κ1) is 19.4. The predicted molar refractivity (Wildman–Crippen MR) is 102 cm³/mol. The molecule has 1 N–H and O–H groups in total. The van der Waals surface area contributed by atoms with Gasteiger partial charge in [-0.1, -0.05) is 5.16 Å². The van der Waals surface area contributed by atoms with Crippen LogP contribution in [0.25, 0.3) is 11.3 Å². The molecule has 1 aliphatic heterocycles. The van der Waals surface area contributed by atoms with Crippen molar-refractivity contribution in [2.75, 3.05) is 47.5 Å². The molecule has 1 aromatic heterocycles. The third-order valence-corrected chi connectivity index (χ3v) is 4.95. The largest absolute Gasteiger partial charge is 0.497 e. The fraction of sp³-hybridized carbons (Fsp3) is 0.500. The van der Waals surface area contributed by atoms with E-state index in [4.69, 9.17) is 14.0 Å². The minimum atomic E-state index is -0.219. The average Bonchev–Trinajstić information content (AvgIpc) is 3.17. The number of nitrogens with zero attached hydrogens (tertiary/aromatic N) is 2. The third-order valence-electron chi connectivity index (χ3n) is 4.95. The molecule has 2 aromatic rings. The lowest BCUT2D eigenvalue weighted by Gasteiger charge is -2.39. The van der Waals surface area contributed by atoms with Crippen LogP contribution < -0.4 is 10.1 Å². The maximum Gasteiger partial charge on any atom is 0.273 e. The summed E-state index contributed by atoms with van der Waals surface area (Å²) in [7, 11) is 5.73. The molecule has 3 rings (SSSR count). The van der Waals surface area contributed by atoms with Crippen LogP contribution in [0.5, 0.6) is 5.75 Å². The topological polar surface area (TPSA) is 76.8 Å². The number of hydrogen-bond acceptors (Lipinski definition) is 6. The molecule has 0 bridgehead atoms. The Morgan fingerprint density at radius 3 is 2.59 bits per heavy atom. The molecule has 0 saturated carbocycles. The normalized spacial score (nSPS) is 16.3. The molecule has 7 nitrogen and oxygen atoms in total. The van der Waals surface area contributed by atoms with Crippen LogP contribution in [-0.2, 0) is 4.74 Å². The van der Waals surface area contributed by atoms with E-state index < -0.39 is 0 Å². The van der Waals surface area contributed by atoms with E-state index in [0.29, 0.717) is 12.3 Å². The van der Waals surface area contributed by atoms with Gasteiger partial charge < -0.3 is 24.2 Å². The Labute approximate surface area is 159 Å². The highest BCUT2D eigenvalue weighted by Gasteiger charge is 2.33. The number of ether oxygens (including phenoxy) is 2. The number of rotatable bonds is 7. The predicted octanol–water partition coefficient (Wildman–Crippen LogP) is 2.44. The SMILES string of the molecule is COc1ccc(-c2cc(C(=O)NCC3(CN(C)C)CCOCC3)no2)cc1. The summed E-state index contributed by atoms with van der Waals surface area (Å²) in [5.41, 5.74) is 1.16. The minimum absolute atomic E-state index is 0.0277. The maximum atomic E-state index is 12.6. The number of carbonyl (C=O) groups excluding carboxylic acids is 1. The average molecular weight is 373 g/mol. The van der Waals surface area contributed by atoms with Crippen LogP contribution in [-0.4, -0.2) is 63.5 Å². The van der Waals surface area contributed by atoms with Gasteiger partial charge in [0.2, 0.25) is 0 Å². The monoisotopic (exact) mass is 373 g/mol. The van der Waals surface area contributed by atoms with Crippen molar-refractivity contribution in [2.45, 2.75) is 12.8 Å². The van der Waals surface area contributed by atoms with Crippen LogP contribution >= 0.6 is 0 Å². The van der Waals surface area contributed by atoms with Crippen LogP contribution in [0.1, 0.15) is 23.3 Å². The van der Waals surface area contributed by atoms with Crippen molar-refractivity contribution in [3.8, 4) is 17.1 Å². The highest BCUT2D eigenvalue weighted by atomic mass is 16.5. The standard InChI is InChI=1S/C20H27N3O4/c1-23(2)14-20(8-10-26-11-9-20)13-21-19(24)17-12-18(27-22-17)15-4-6-16(25-3)7-5-15/h4-7,12H,8-11,13-14H2,1-3H3,(H,21,24). The number of benzene rings is 1. The fourth-order valence-electron chi connectivity index (χ4n) is 3.50. The zero-order valence-corrected chi connectivity index (χ0v) is 16.2. The van der Waals surface area contributed by atoms with Crippen molar-refractivity contribution < 1.29 is 18.8 Å². The fourth-order valence-corrected chi connectivity index (χ4v) is 3.50. The second-order valence-electron chi connectivity index (χ2n) is 7.34. The molecule has 2 heterocycles. The van der Waals surface area contributed by atoms with Crippen molar-refractivity contribution in [1.82, 2.24) is 15.4 Å². The molecule has 0 atom stereocenters. The van der Waals surface area contributed by atoms with Crippen LogP contribution in [0.2, 0.25) is 0 Å². The van der Waals surface area contributed by atoms with E-state index in [1.54, 1.807) is 13.2 Å². The van der Waals surface area contributed by atoms with Crippen LogP contribution in [0.15, 0.2) is 34.9 Å². The summed E-state index contributed by atoms with van der Waals surface area (Å²) in [5, 5.41) is 6.96. The van der Waals surface area contributed by atoms with Gasteiger partial charge in [0, 0.05) is 43.3 Å². The Kier molecular flexibility index (Phi) is 6.13. The summed E-state index contributed by atoms with van der Waals surface area (Å²) in [5.74, 6) is 1.10. The molecule has 1 aromatic carbocycles. The van der Waals surface area contributed by atoms with E-state index in [9.17, 15) is 4.79 Å². The van der Waals surface area contributed by atoms with E-state index in [1.165, 1.54) is 0 Å². The number of hydrogen-bond donors (Lipinski definition) is 1. The molecule has 0 unspecified atom stereocenters. The maximum absolute atomic E-state index is 12.6. The summed E-state index contributed by atoms with van der Waals surface area (Å²) in [6, 6.07) is 9.09. The van der Waals surface area contributed by atoms with Gasteiger partial charge in [-0.15, -0.1) is 0 Å². The summed E-state index contributed by atoms with van der Waals surface area (Å²) in [4.78, 5) is 14.7. The number of methoxy groups -OCH3 is 1. The van der Waals surface area contributed by atoms with Crippen molar-refractivity contribution in [3.05, 3.63) is 36.0 Å². The molecule has 1 aliphatic rings. The van der Waals surface area contributed by atoms with Crippen LogP contribution in [0.3, 0.4) is 0 Å². The minimum Gasteiger partial charge on any atom is -0.497 e. The van der Waals surface area contributed by atoms with Crippen molar-refractivity contribution >= 4 is 5.91 Å². The number of amides is 1. The van der Waals surface area contributed by atoms with Gasteiger partial charge in [-0.05, 0) is 51.2 Å². The molecule has 0 radical (unpaired) electrons. The van der Waals surface area contributed by atoms with Gasteiger partial charge in [0.1, 0.15) is 5.75 Å². The molecule has 27 heavy (non-hydrogen) atoms. The summed E-state index contributed by atoms with van der Waals surface area (Å²) >= 11 is 0. The van der Waals surface area contributed by atoms with Crippen molar-refractivity contribution in [1.29, 1.82) is 0 Å². The zero-order chi connectivity index (χ0) is 19.3. The highest BCUT2D eigenvalue weighted by Crippen LogP contribution is 2.30. The van der Waals surface area contributed by atoms with Gasteiger partial charge in [0.05, 0.1) is 7.11 Å². The zero-order valence-electron chi connectivity index (χ0n) is 16.2. The lowest BCUT2D eigenvalue weighted by Crippen LogP contribution is -2.47. The van der Waals surface area contributed by atoms with Gasteiger partial charge in [-0.3, -0.25) is 4.79 Å². The molecule has 1 saturated heterocycles. The van der Waals surface area contributed by atoms with Crippen molar-refractivity contribution in [2.24, 2.45) is 5.41 Å². The number of aromatic nitrogens is 1. The first-order valence-corrected chi connectivity index (χ1v) is 9.13. The van der Waals surface area contributed by atoms with Gasteiger partial charge >= 0.3 is 0 Å². The van der Waals surface area contributed by atoms with E-state index >= 15 is 0 Å². The first-order chi connectivity index (χ1) is 13.0. The Hall–Kier alpha value is -2.38. The molecule has 1 fully saturated rings. The van der Waals surface area contributed by atoms with E-state index in [2.05, 4.69) is 29.5 Å². The van der Waals surface area contributed by atoms with Gasteiger partial charge in [-0.25, -0.2) is 0 Å². The lowest BCUT2D eigenvalue weighted by atomic mass is 9.79. The van der Waals surface area contributed by atoms with E-state index in [1.807, 2.05) is 24.3 Å². The molecular formula is C20H27N3O4. The summed E-state index contributed by atoms with van der Waals surface area (Å²) in [6.07, 6.45) is 1.86. The number of carbonyl (C=O) groups is 1. The Morgan fingerprint density at radius 1 is 1.26 bits per heavy atom. The van der Waals surface area contributed by atoms with Crippen LogP contribution in [0, 0.1) is 5.41 Å². The lowest BCUT2D eigenvalue weighted by molar-refractivity contribution is 0.00281. The molecule has 1 amide bonds. The molecule has 146 valence electrons. The van der Waals surface area contributed by atoms with Gasteiger partial charge in [0.25, 0.3) is 5.91 Å². The molecular weight excluding hydrogens is 346 g/mol. The number of nitrogens with one attached hydrogen (secondary N) is 1. The molecule has 0 aliphatic carbocycles. The molecule has 0 spiro atoms. The summed E-state index contributed by atoms with van der Waals surface area (Å²) in [6.45, 7) is 2.97. The highest BCUT2D eigenvalue weighted by molar-refractivity contribution is 5.93. The quantitative estimate of drug-likeness (QED) is 0.803. The second kappa shape index (κ2) is 8.54. The Bertz CT molecular complexity index is 749. The Balaban J connectivity index is 1.64.